The predicted octanol–water partition coefficient (Wildman–Crippen LogP) is 1.76. The molecule has 16 heavy (non-hydrogen) atoms. The first-order valence-corrected chi connectivity index (χ1v) is 5.06. The number of carbonyl (C=O) groups excluding carboxylic acids is 1. The van der Waals surface area contributed by atoms with Crippen molar-refractivity contribution in [1.82, 2.24) is 5.48 Å². The van der Waals surface area contributed by atoms with Gasteiger partial charge in [0.25, 0.3) is 0 Å². The molecule has 0 saturated heterocycles. The number of hydrogen-bond donors (Lipinski definition) is 1. The summed E-state index contributed by atoms with van der Waals surface area (Å²) in [7, 11) is 1.32. The molecule has 84 valence electrons. The second kappa shape index (κ2) is 4.55. The third kappa shape index (κ3) is 2.18. The van der Waals surface area contributed by atoms with Gasteiger partial charge in [-0.15, -0.1) is 0 Å². The molecule has 1 heterocycles. The number of esters is 1. The number of benzene rings is 1. The summed E-state index contributed by atoms with van der Waals surface area (Å²) in [5.74, 6) is -0.434. The average molecular weight is 240 g/mol. The van der Waals surface area contributed by atoms with E-state index in [-0.39, 0.29) is 0 Å². The molecular weight excluding hydrogens is 230 g/mol. The summed E-state index contributed by atoms with van der Waals surface area (Å²) in [5, 5.41) is 0.660. The summed E-state index contributed by atoms with van der Waals surface area (Å²) in [4.78, 5) is 16.2. The highest BCUT2D eigenvalue weighted by molar-refractivity contribution is 6.30. The summed E-state index contributed by atoms with van der Waals surface area (Å²) in [6, 6.07) is 7.21. The molecule has 0 saturated carbocycles. The van der Waals surface area contributed by atoms with Crippen molar-refractivity contribution < 1.29 is 14.4 Å². The molecule has 4 nitrogen and oxygen atoms in total. The van der Waals surface area contributed by atoms with Crippen molar-refractivity contribution in [2.75, 3.05) is 7.11 Å². The van der Waals surface area contributed by atoms with Crippen molar-refractivity contribution in [2.24, 2.45) is 0 Å². The van der Waals surface area contributed by atoms with E-state index >= 15 is 0 Å². The van der Waals surface area contributed by atoms with Crippen LogP contribution in [0.3, 0.4) is 0 Å². The molecule has 0 spiro atoms. The number of hydroxylamine groups is 1. The predicted molar refractivity (Wildman–Crippen MR) is 59.5 cm³/mol. The summed E-state index contributed by atoms with van der Waals surface area (Å²) in [5.41, 5.74) is 4.30. The Morgan fingerprint density at radius 1 is 1.44 bits per heavy atom. The van der Waals surface area contributed by atoms with Gasteiger partial charge < -0.3 is 4.74 Å². The monoisotopic (exact) mass is 239 g/mol. The van der Waals surface area contributed by atoms with Gasteiger partial charge in [0, 0.05) is 5.02 Å². The molecule has 1 aliphatic rings. The third-order valence-corrected chi connectivity index (χ3v) is 2.45. The van der Waals surface area contributed by atoms with E-state index in [4.69, 9.17) is 16.4 Å². The van der Waals surface area contributed by atoms with Gasteiger partial charge in [0.1, 0.15) is 0 Å². The number of carbonyl (C=O) groups is 1. The highest BCUT2D eigenvalue weighted by Crippen LogP contribution is 2.20. The smallest absolute Gasteiger partial charge is 0.341 e. The molecule has 0 amide bonds. The fourth-order valence-corrected chi connectivity index (χ4v) is 1.49. The van der Waals surface area contributed by atoms with Crippen LogP contribution in [-0.4, -0.2) is 19.2 Å². The molecule has 0 radical (unpaired) electrons. The van der Waals surface area contributed by atoms with Crippen LogP contribution in [0.2, 0.25) is 5.02 Å². The van der Waals surface area contributed by atoms with E-state index in [1.165, 1.54) is 7.11 Å². The van der Waals surface area contributed by atoms with Crippen LogP contribution in [0.5, 0.6) is 0 Å². The summed E-state index contributed by atoms with van der Waals surface area (Å²) in [6.45, 7) is 0. The number of methoxy groups -OCH3 is 1. The minimum absolute atomic E-state index is 0.434. The first kappa shape index (κ1) is 11.0. The lowest BCUT2D eigenvalue weighted by molar-refractivity contribution is -0.152. The van der Waals surface area contributed by atoms with Crippen LogP contribution in [0, 0.1) is 0 Å². The second-order valence-electron chi connectivity index (χ2n) is 3.25. The van der Waals surface area contributed by atoms with Gasteiger partial charge in [-0.05, 0) is 23.8 Å². The molecule has 0 fully saturated rings. The van der Waals surface area contributed by atoms with Crippen LogP contribution < -0.4 is 5.48 Å². The standard InChI is InChI=1S/C11H10ClNO3/c1-15-11(14)10-6-9(13-16-10)7-2-4-8(12)5-3-7/h2-6,10,13H,1H3. The lowest BCUT2D eigenvalue weighted by Crippen LogP contribution is -2.22. The summed E-state index contributed by atoms with van der Waals surface area (Å²) < 4.78 is 4.57. The molecule has 0 aliphatic carbocycles. The minimum Gasteiger partial charge on any atom is -0.467 e. The zero-order valence-electron chi connectivity index (χ0n) is 8.57. The topological polar surface area (TPSA) is 47.6 Å². The Morgan fingerprint density at radius 3 is 2.75 bits per heavy atom. The van der Waals surface area contributed by atoms with Crippen molar-refractivity contribution >= 4 is 23.3 Å². The van der Waals surface area contributed by atoms with E-state index in [0.29, 0.717) is 5.02 Å². The Balaban J connectivity index is 2.17. The van der Waals surface area contributed by atoms with Crippen molar-refractivity contribution in [2.45, 2.75) is 6.10 Å². The van der Waals surface area contributed by atoms with Gasteiger partial charge in [-0.25, -0.2) is 4.79 Å². The van der Waals surface area contributed by atoms with Gasteiger partial charge in [0.2, 0.25) is 6.10 Å². The summed E-state index contributed by atoms with van der Waals surface area (Å²) in [6.07, 6.45) is 0.963. The maximum absolute atomic E-state index is 11.2. The fourth-order valence-electron chi connectivity index (χ4n) is 1.36. The maximum Gasteiger partial charge on any atom is 0.341 e. The molecule has 1 aromatic rings. The zero-order chi connectivity index (χ0) is 11.5. The molecule has 1 unspecified atom stereocenters. The number of nitrogens with one attached hydrogen (secondary N) is 1. The van der Waals surface area contributed by atoms with E-state index in [2.05, 4.69) is 10.2 Å². The van der Waals surface area contributed by atoms with E-state index in [1.807, 2.05) is 12.1 Å². The highest BCUT2D eigenvalue weighted by atomic mass is 35.5. The van der Waals surface area contributed by atoms with Crippen molar-refractivity contribution in [3.63, 3.8) is 0 Å². The van der Waals surface area contributed by atoms with E-state index < -0.39 is 12.1 Å². The van der Waals surface area contributed by atoms with Crippen LogP contribution in [0.4, 0.5) is 0 Å². The molecule has 0 aromatic heterocycles. The highest BCUT2D eigenvalue weighted by Gasteiger charge is 2.24. The Hall–Kier alpha value is -1.52. The normalized spacial score (nSPS) is 18.9. The van der Waals surface area contributed by atoms with Gasteiger partial charge >= 0.3 is 5.97 Å². The average Bonchev–Trinajstić information content (AvgIpc) is 2.78. The SMILES string of the molecule is COC(=O)C1C=C(c2ccc(Cl)cc2)NO1. The largest absolute Gasteiger partial charge is 0.467 e. The first-order chi connectivity index (χ1) is 7.70. The summed E-state index contributed by atoms with van der Waals surface area (Å²) >= 11 is 5.77. The Kier molecular flexibility index (Phi) is 3.12. The molecular formula is C11H10ClNO3. The van der Waals surface area contributed by atoms with E-state index in [1.54, 1.807) is 18.2 Å². The van der Waals surface area contributed by atoms with Crippen molar-refractivity contribution in [3.05, 3.63) is 40.9 Å². The minimum atomic E-state index is -0.698. The van der Waals surface area contributed by atoms with Crippen LogP contribution in [-0.2, 0) is 14.4 Å². The van der Waals surface area contributed by atoms with Crippen molar-refractivity contribution in [3.8, 4) is 0 Å². The van der Waals surface area contributed by atoms with Gasteiger partial charge in [0.05, 0.1) is 12.8 Å². The second-order valence-corrected chi connectivity index (χ2v) is 3.69. The lowest BCUT2D eigenvalue weighted by Gasteiger charge is -2.04. The first-order valence-electron chi connectivity index (χ1n) is 4.68. The Labute approximate surface area is 97.8 Å². The van der Waals surface area contributed by atoms with Gasteiger partial charge in [-0.3, -0.25) is 10.3 Å². The molecule has 1 aromatic carbocycles. The molecule has 1 N–H and O–H groups in total. The van der Waals surface area contributed by atoms with Crippen LogP contribution >= 0.6 is 11.6 Å². The van der Waals surface area contributed by atoms with Gasteiger partial charge in [0.15, 0.2) is 0 Å². The van der Waals surface area contributed by atoms with Crippen molar-refractivity contribution in [1.29, 1.82) is 0 Å². The molecule has 5 heteroatoms. The molecule has 1 aliphatic heterocycles. The quantitative estimate of drug-likeness (QED) is 0.799. The molecule has 0 bridgehead atoms. The number of ether oxygens (including phenoxy) is 1. The molecule has 2 rings (SSSR count). The van der Waals surface area contributed by atoms with Crippen LogP contribution in [0.1, 0.15) is 5.56 Å². The maximum atomic E-state index is 11.2. The fraction of sp³-hybridized carbons (Fsp3) is 0.182. The van der Waals surface area contributed by atoms with Crippen LogP contribution in [0.15, 0.2) is 30.3 Å². The zero-order valence-corrected chi connectivity index (χ0v) is 9.32. The Morgan fingerprint density at radius 2 is 2.12 bits per heavy atom. The van der Waals surface area contributed by atoms with Gasteiger partial charge in [-0.2, -0.15) is 0 Å². The van der Waals surface area contributed by atoms with Gasteiger partial charge in [-0.1, -0.05) is 23.7 Å². The third-order valence-electron chi connectivity index (χ3n) is 2.20. The lowest BCUT2D eigenvalue weighted by atomic mass is 10.1. The Bertz CT molecular complexity index is 427. The number of hydrogen-bond acceptors (Lipinski definition) is 4. The van der Waals surface area contributed by atoms with E-state index in [9.17, 15) is 4.79 Å². The number of halogens is 1. The molecule has 1 atom stereocenters. The van der Waals surface area contributed by atoms with Crippen LogP contribution in [0.25, 0.3) is 5.70 Å². The number of rotatable bonds is 2. The van der Waals surface area contributed by atoms with E-state index in [0.717, 1.165) is 11.3 Å².